The molecule has 1 aromatic heterocycles. The van der Waals surface area contributed by atoms with Crippen LogP contribution < -0.4 is 5.73 Å². The van der Waals surface area contributed by atoms with Gasteiger partial charge < -0.3 is 10.6 Å². The summed E-state index contributed by atoms with van der Waals surface area (Å²) in [5.74, 6) is -0.0664. The summed E-state index contributed by atoms with van der Waals surface area (Å²) < 4.78 is 0.990. The standard InChI is InChI=1S/C10H12Cl2N2OS.ClH/c11-8-4-7(9(12)16-8)10(15)14-3-1-2-6(13)5-14;/h4,6H,1-3,5,13H2;1H. The zero-order valence-corrected chi connectivity index (χ0v) is 12.1. The average Bonchev–Trinajstić information content (AvgIpc) is 2.57. The molecule has 2 N–H and O–H groups in total. The topological polar surface area (TPSA) is 46.3 Å². The number of carbonyl (C=O) groups excluding carboxylic acids is 1. The van der Waals surface area contributed by atoms with E-state index in [0.29, 0.717) is 20.8 Å². The van der Waals surface area contributed by atoms with Crippen LogP contribution in [0.1, 0.15) is 23.2 Å². The molecule has 1 fully saturated rings. The molecule has 96 valence electrons. The van der Waals surface area contributed by atoms with Crippen LogP contribution in [0, 0.1) is 0 Å². The highest BCUT2D eigenvalue weighted by Crippen LogP contribution is 2.32. The van der Waals surface area contributed by atoms with Crippen LogP contribution in [0.5, 0.6) is 0 Å². The van der Waals surface area contributed by atoms with E-state index in [0.717, 1.165) is 19.4 Å². The molecule has 1 aliphatic heterocycles. The van der Waals surface area contributed by atoms with Crippen LogP contribution in [0.15, 0.2) is 6.07 Å². The van der Waals surface area contributed by atoms with E-state index >= 15 is 0 Å². The second-order valence-corrected chi connectivity index (χ2v) is 6.18. The molecule has 1 aromatic rings. The van der Waals surface area contributed by atoms with Gasteiger partial charge in [-0.1, -0.05) is 23.2 Å². The summed E-state index contributed by atoms with van der Waals surface area (Å²) in [7, 11) is 0. The molecule has 1 unspecified atom stereocenters. The molecule has 0 saturated carbocycles. The number of amides is 1. The lowest BCUT2D eigenvalue weighted by Gasteiger charge is -2.30. The molecule has 1 atom stereocenters. The quantitative estimate of drug-likeness (QED) is 0.866. The van der Waals surface area contributed by atoms with E-state index in [4.69, 9.17) is 28.9 Å². The van der Waals surface area contributed by atoms with E-state index in [2.05, 4.69) is 0 Å². The summed E-state index contributed by atoms with van der Waals surface area (Å²) in [5.41, 5.74) is 6.33. The van der Waals surface area contributed by atoms with E-state index in [9.17, 15) is 4.79 Å². The Morgan fingerprint density at radius 2 is 2.24 bits per heavy atom. The zero-order valence-electron chi connectivity index (χ0n) is 8.99. The van der Waals surface area contributed by atoms with Gasteiger partial charge in [-0.2, -0.15) is 0 Å². The van der Waals surface area contributed by atoms with Crippen molar-refractivity contribution in [2.45, 2.75) is 18.9 Å². The van der Waals surface area contributed by atoms with Crippen molar-refractivity contribution in [2.24, 2.45) is 5.73 Å². The summed E-state index contributed by atoms with van der Waals surface area (Å²) in [6, 6.07) is 1.70. The highest BCUT2D eigenvalue weighted by atomic mass is 35.5. The number of likely N-dealkylation sites (tertiary alicyclic amines) is 1. The number of carbonyl (C=O) groups is 1. The molecule has 0 spiro atoms. The molecule has 0 aromatic carbocycles. The number of nitrogens with two attached hydrogens (primary N) is 1. The molecule has 7 heteroatoms. The van der Waals surface area contributed by atoms with Gasteiger partial charge in [0.15, 0.2) is 0 Å². The van der Waals surface area contributed by atoms with Crippen molar-refractivity contribution in [3.8, 4) is 0 Å². The number of hydrogen-bond donors (Lipinski definition) is 1. The third-order valence-corrected chi connectivity index (χ3v) is 4.12. The van der Waals surface area contributed by atoms with Gasteiger partial charge >= 0.3 is 0 Å². The Morgan fingerprint density at radius 1 is 1.53 bits per heavy atom. The lowest BCUT2D eigenvalue weighted by molar-refractivity contribution is 0.0709. The maximum Gasteiger partial charge on any atom is 0.256 e. The summed E-state index contributed by atoms with van der Waals surface area (Å²) in [6.45, 7) is 1.35. The SMILES string of the molecule is Cl.NC1CCCN(C(=O)c2cc(Cl)sc2Cl)C1. The maximum absolute atomic E-state index is 12.1. The molecule has 1 saturated heterocycles. The molecule has 0 bridgehead atoms. The van der Waals surface area contributed by atoms with Crippen LogP contribution in [0.4, 0.5) is 0 Å². The van der Waals surface area contributed by atoms with Gasteiger partial charge in [0.2, 0.25) is 0 Å². The second-order valence-electron chi connectivity index (χ2n) is 3.89. The minimum atomic E-state index is -0.0664. The average molecular weight is 316 g/mol. The van der Waals surface area contributed by atoms with Crippen LogP contribution in [0.25, 0.3) is 0 Å². The predicted molar refractivity (Wildman–Crippen MR) is 74.7 cm³/mol. The number of hydrogen-bond acceptors (Lipinski definition) is 3. The summed E-state index contributed by atoms with van der Waals surface area (Å²) in [4.78, 5) is 13.9. The number of halogens is 3. The summed E-state index contributed by atoms with van der Waals surface area (Å²) in [5, 5.41) is 0. The molecule has 0 radical (unpaired) electrons. The second kappa shape index (κ2) is 6.25. The van der Waals surface area contributed by atoms with Crippen molar-refractivity contribution in [1.82, 2.24) is 4.90 Å². The van der Waals surface area contributed by atoms with Crippen molar-refractivity contribution in [1.29, 1.82) is 0 Å². The van der Waals surface area contributed by atoms with Gasteiger partial charge in [0.25, 0.3) is 5.91 Å². The first-order valence-electron chi connectivity index (χ1n) is 5.07. The summed E-state index contributed by atoms with van der Waals surface area (Å²) >= 11 is 13.0. The number of nitrogens with zero attached hydrogens (tertiary/aromatic N) is 1. The van der Waals surface area contributed by atoms with Crippen molar-refractivity contribution >= 4 is 52.9 Å². The van der Waals surface area contributed by atoms with Crippen LogP contribution in [0.2, 0.25) is 8.67 Å². The fourth-order valence-electron chi connectivity index (χ4n) is 1.85. The highest BCUT2D eigenvalue weighted by Gasteiger charge is 2.24. The smallest absolute Gasteiger partial charge is 0.256 e. The predicted octanol–water partition coefficient (Wildman–Crippen LogP) is 3.04. The molecular formula is C10H13Cl3N2OS. The molecule has 1 aliphatic rings. The van der Waals surface area contributed by atoms with Gasteiger partial charge in [-0.25, -0.2) is 0 Å². The van der Waals surface area contributed by atoms with Crippen molar-refractivity contribution in [2.75, 3.05) is 13.1 Å². The van der Waals surface area contributed by atoms with Crippen molar-refractivity contribution in [3.05, 3.63) is 20.3 Å². The Bertz CT molecular complexity index is 410. The normalized spacial score (nSPS) is 19.9. The van der Waals surface area contributed by atoms with E-state index < -0.39 is 0 Å². The Labute approximate surface area is 120 Å². The minimum absolute atomic E-state index is 0. The lowest BCUT2D eigenvalue weighted by atomic mass is 10.1. The molecule has 1 amide bonds. The molecule has 2 rings (SSSR count). The molecular weight excluding hydrogens is 303 g/mol. The molecule has 0 aliphatic carbocycles. The monoisotopic (exact) mass is 314 g/mol. The summed E-state index contributed by atoms with van der Waals surface area (Å²) in [6.07, 6.45) is 1.92. The minimum Gasteiger partial charge on any atom is -0.337 e. The van der Waals surface area contributed by atoms with Crippen molar-refractivity contribution < 1.29 is 4.79 Å². The largest absolute Gasteiger partial charge is 0.337 e. The molecule has 2 heterocycles. The first kappa shape index (κ1) is 15.1. The zero-order chi connectivity index (χ0) is 11.7. The van der Waals surface area contributed by atoms with Gasteiger partial charge in [0, 0.05) is 19.1 Å². The fraction of sp³-hybridized carbons (Fsp3) is 0.500. The van der Waals surface area contributed by atoms with E-state index in [-0.39, 0.29) is 24.4 Å². The van der Waals surface area contributed by atoms with Crippen LogP contribution in [-0.4, -0.2) is 29.9 Å². The fourth-order valence-corrected chi connectivity index (χ4v) is 3.30. The first-order valence-corrected chi connectivity index (χ1v) is 6.65. The third-order valence-electron chi connectivity index (χ3n) is 2.63. The lowest BCUT2D eigenvalue weighted by Crippen LogP contribution is -2.45. The van der Waals surface area contributed by atoms with Gasteiger partial charge in [-0.15, -0.1) is 23.7 Å². The Balaban J connectivity index is 0.00000144. The van der Waals surface area contributed by atoms with Crippen molar-refractivity contribution in [3.63, 3.8) is 0 Å². The van der Waals surface area contributed by atoms with Crippen LogP contribution in [0.3, 0.4) is 0 Å². The third kappa shape index (κ3) is 3.48. The van der Waals surface area contributed by atoms with Gasteiger partial charge in [-0.3, -0.25) is 4.79 Å². The Hall–Kier alpha value is -0.0000000000000000555. The van der Waals surface area contributed by atoms with Crippen LogP contribution >= 0.6 is 46.9 Å². The Kier molecular flexibility index (Phi) is 5.54. The van der Waals surface area contributed by atoms with E-state index in [1.54, 1.807) is 11.0 Å². The van der Waals surface area contributed by atoms with Crippen LogP contribution in [-0.2, 0) is 0 Å². The first-order chi connectivity index (χ1) is 7.58. The van der Waals surface area contributed by atoms with Gasteiger partial charge in [0.05, 0.1) is 9.90 Å². The molecule has 17 heavy (non-hydrogen) atoms. The van der Waals surface area contributed by atoms with Gasteiger partial charge in [0.1, 0.15) is 4.34 Å². The van der Waals surface area contributed by atoms with E-state index in [1.807, 2.05) is 0 Å². The number of piperidine rings is 1. The molecule has 3 nitrogen and oxygen atoms in total. The van der Waals surface area contributed by atoms with E-state index in [1.165, 1.54) is 11.3 Å². The number of rotatable bonds is 1. The Morgan fingerprint density at radius 3 is 2.76 bits per heavy atom. The maximum atomic E-state index is 12.1. The number of thiophene rings is 1. The highest BCUT2D eigenvalue weighted by molar-refractivity contribution is 7.20. The van der Waals surface area contributed by atoms with Gasteiger partial charge in [-0.05, 0) is 18.9 Å².